The number of nitrogens with two attached hydrogens (primary N) is 1. The zero-order valence-electron chi connectivity index (χ0n) is 14.8. The van der Waals surface area contributed by atoms with Gasteiger partial charge in [-0.2, -0.15) is 26.3 Å². The van der Waals surface area contributed by atoms with Gasteiger partial charge in [0.2, 0.25) is 0 Å². The average molecular weight is 430 g/mol. The highest BCUT2D eigenvalue weighted by molar-refractivity contribution is 6.03. The SMILES string of the molecule is NC1=NC(c2ccccc2)(C(F)(F)F)Cc2cc(C(=O)OC(=O)C(F)(F)F)ccc21. The molecule has 0 spiro atoms. The Bertz CT molecular complexity index is 1030. The van der Waals surface area contributed by atoms with E-state index in [9.17, 15) is 35.9 Å². The number of benzene rings is 2. The first kappa shape index (κ1) is 21.3. The Labute approximate surface area is 165 Å². The number of aliphatic imine (C=N–C) groups is 1. The maximum atomic E-state index is 14.1. The predicted molar refractivity (Wildman–Crippen MR) is 91.5 cm³/mol. The van der Waals surface area contributed by atoms with E-state index in [1.54, 1.807) is 0 Å². The molecule has 0 fully saturated rings. The first-order chi connectivity index (χ1) is 13.8. The Morgan fingerprint density at radius 2 is 1.63 bits per heavy atom. The molecule has 3 rings (SSSR count). The molecule has 1 atom stereocenters. The van der Waals surface area contributed by atoms with Crippen LogP contribution in [0.15, 0.2) is 53.5 Å². The first-order valence-electron chi connectivity index (χ1n) is 8.29. The van der Waals surface area contributed by atoms with Crippen LogP contribution in [0.5, 0.6) is 0 Å². The standard InChI is InChI=1S/C19H12F6N2O3/c20-18(21,22)16(29)30-15(28)10-6-7-13-11(8-10)9-17(19(23,24)25,27-14(13)26)12-4-2-1-3-5-12/h1-8H,9H2,(H2,26,27). The van der Waals surface area contributed by atoms with Crippen LogP contribution in [0, 0.1) is 0 Å². The summed E-state index contributed by atoms with van der Waals surface area (Å²) in [5, 5.41) is 0. The molecule has 158 valence electrons. The number of alkyl halides is 6. The van der Waals surface area contributed by atoms with Crippen molar-refractivity contribution in [3.8, 4) is 0 Å². The number of hydrogen-bond donors (Lipinski definition) is 1. The van der Waals surface area contributed by atoms with E-state index in [2.05, 4.69) is 9.73 Å². The summed E-state index contributed by atoms with van der Waals surface area (Å²) in [6.45, 7) is 0. The summed E-state index contributed by atoms with van der Waals surface area (Å²) in [6, 6.07) is 9.76. The lowest BCUT2D eigenvalue weighted by Gasteiger charge is -2.36. The fourth-order valence-electron chi connectivity index (χ4n) is 3.11. The number of esters is 2. The van der Waals surface area contributed by atoms with E-state index in [1.165, 1.54) is 30.3 Å². The zero-order valence-corrected chi connectivity index (χ0v) is 14.8. The summed E-state index contributed by atoms with van der Waals surface area (Å²) >= 11 is 0. The fourth-order valence-corrected chi connectivity index (χ4v) is 3.11. The highest BCUT2D eigenvalue weighted by atomic mass is 19.4. The maximum absolute atomic E-state index is 14.1. The van der Waals surface area contributed by atoms with Crippen LogP contribution in [0.1, 0.15) is 27.0 Å². The number of fused-ring (bicyclic) bond motifs is 1. The Hall–Kier alpha value is -3.37. The molecule has 1 unspecified atom stereocenters. The predicted octanol–water partition coefficient (Wildman–Crippen LogP) is 3.65. The molecule has 5 nitrogen and oxygen atoms in total. The monoisotopic (exact) mass is 430 g/mol. The van der Waals surface area contributed by atoms with Crippen molar-refractivity contribution in [2.45, 2.75) is 24.3 Å². The van der Waals surface area contributed by atoms with Gasteiger partial charge in [-0.3, -0.25) is 0 Å². The van der Waals surface area contributed by atoms with E-state index in [1.807, 2.05) is 0 Å². The van der Waals surface area contributed by atoms with Crippen LogP contribution in [-0.4, -0.2) is 30.1 Å². The van der Waals surface area contributed by atoms with Crippen LogP contribution >= 0.6 is 0 Å². The van der Waals surface area contributed by atoms with Gasteiger partial charge in [0.25, 0.3) is 0 Å². The van der Waals surface area contributed by atoms with Gasteiger partial charge in [-0.15, -0.1) is 0 Å². The van der Waals surface area contributed by atoms with Crippen molar-refractivity contribution < 1.29 is 40.7 Å². The largest absolute Gasteiger partial charge is 0.491 e. The molecule has 1 aliphatic heterocycles. The summed E-state index contributed by atoms with van der Waals surface area (Å²) in [6.07, 6.45) is -11.0. The second-order valence-electron chi connectivity index (χ2n) is 6.44. The molecule has 0 aliphatic carbocycles. The van der Waals surface area contributed by atoms with E-state index < -0.39 is 47.7 Å². The third-order valence-corrected chi connectivity index (χ3v) is 4.51. The lowest BCUT2D eigenvalue weighted by molar-refractivity contribution is -0.193. The van der Waals surface area contributed by atoms with Gasteiger partial charge in [-0.25, -0.2) is 14.6 Å². The van der Waals surface area contributed by atoms with Crippen LogP contribution in [0.4, 0.5) is 26.3 Å². The van der Waals surface area contributed by atoms with Gasteiger partial charge in [0, 0.05) is 12.0 Å². The van der Waals surface area contributed by atoms with Gasteiger partial charge < -0.3 is 10.5 Å². The Morgan fingerprint density at radius 1 is 1.00 bits per heavy atom. The second kappa shape index (κ2) is 7.15. The van der Waals surface area contributed by atoms with Crippen LogP contribution in [0.25, 0.3) is 0 Å². The van der Waals surface area contributed by atoms with Crippen molar-refractivity contribution in [2.24, 2.45) is 10.7 Å². The number of hydrogen-bond acceptors (Lipinski definition) is 5. The molecule has 0 aromatic heterocycles. The molecule has 1 aliphatic rings. The van der Waals surface area contributed by atoms with Crippen molar-refractivity contribution in [3.63, 3.8) is 0 Å². The number of rotatable bonds is 2. The van der Waals surface area contributed by atoms with Gasteiger partial charge in [-0.05, 0) is 23.3 Å². The molecular weight excluding hydrogens is 418 g/mol. The molecule has 0 radical (unpaired) electrons. The molecule has 2 aromatic rings. The molecule has 0 saturated heterocycles. The Kier molecular flexibility index (Phi) is 5.09. The van der Waals surface area contributed by atoms with Crippen molar-refractivity contribution in [3.05, 3.63) is 70.8 Å². The van der Waals surface area contributed by atoms with Gasteiger partial charge in [-0.1, -0.05) is 36.4 Å². The van der Waals surface area contributed by atoms with E-state index in [-0.39, 0.29) is 16.7 Å². The van der Waals surface area contributed by atoms with E-state index >= 15 is 0 Å². The molecule has 2 aromatic carbocycles. The topological polar surface area (TPSA) is 81.8 Å². The molecule has 30 heavy (non-hydrogen) atoms. The smallest absolute Gasteiger partial charge is 0.383 e. The number of carbonyl (C=O) groups is 2. The Balaban J connectivity index is 2.04. The number of carbonyl (C=O) groups excluding carboxylic acids is 2. The average Bonchev–Trinajstić information content (AvgIpc) is 2.66. The number of nitrogens with zero attached hydrogens (tertiary/aromatic N) is 1. The number of amidine groups is 1. The molecule has 0 amide bonds. The fraction of sp³-hybridized carbons (Fsp3) is 0.211. The van der Waals surface area contributed by atoms with Gasteiger partial charge >= 0.3 is 24.3 Å². The van der Waals surface area contributed by atoms with E-state index in [0.29, 0.717) is 0 Å². The lowest BCUT2D eigenvalue weighted by Crippen LogP contribution is -2.47. The van der Waals surface area contributed by atoms with Gasteiger partial charge in [0.15, 0.2) is 5.54 Å². The highest BCUT2D eigenvalue weighted by Gasteiger charge is 2.58. The number of ether oxygens (including phenoxy) is 1. The normalized spacial score (nSPS) is 18.9. The summed E-state index contributed by atoms with van der Waals surface area (Å²) in [7, 11) is 0. The van der Waals surface area contributed by atoms with Crippen molar-refractivity contribution >= 4 is 17.8 Å². The molecule has 0 saturated carbocycles. The van der Waals surface area contributed by atoms with Gasteiger partial charge in [0.05, 0.1) is 5.56 Å². The zero-order chi connectivity index (χ0) is 22.3. The minimum absolute atomic E-state index is 0.0856. The quantitative estimate of drug-likeness (QED) is 0.448. The third-order valence-electron chi connectivity index (χ3n) is 4.51. The third kappa shape index (κ3) is 3.74. The maximum Gasteiger partial charge on any atom is 0.491 e. The van der Waals surface area contributed by atoms with Crippen molar-refractivity contribution in [1.82, 2.24) is 0 Å². The minimum Gasteiger partial charge on any atom is -0.383 e. The van der Waals surface area contributed by atoms with Crippen LogP contribution in [0.2, 0.25) is 0 Å². The minimum atomic E-state index is -5.40. The van der Waals surface area contributed by atoms with Crippen LogP contribution < -0.4 is 5.73 Å². The Morgan fingerprint density at radius 3 is 2.20 bits per heavy atom. The lowest BCUT2D eigenvalue weighted by atomic mass is 9.79. The van der Waals surface area contributed by atoms with E-state index in [4.69, 9.17) is 5.73 Å². The van der Waals surface area contributed by atoms with Crippen molar-refractivity contribution in [2.75, 3.05) is 0 Å². The second-order valence-corrected chi connectivity index (χ2v) is 6.44. The molecule has 11 heteroatoms. The van der Waals surface area contributed by atoms with Crippen LogP contribution in [-0.2, 0) is 21.5 Å². The summed E-state index contributed by atoms with van der Waals surface area (Å²) in [4.78, 5) is 26.4. The van der Waals surface area contributed by atoms with Crippen LogP contribution in [0.3, 0.4) is 0 Å². The number of halogens is 6. The molecular formula is C19H12F6N2O3. The molecule has 0 bridgehead atoms. The molecule has 2 N–H and O–H groups in total. The van der Waals surface area contributed by atoms with Crippen molar-refractivity contribution in [1.29, 1.82) is 0 Å². The van der Waals surface area contributed by atoms with E-state index in [0.717, 1.165) is 18.2 Å². The highest BCUT2D eigenvalue weighted by Crippen LogP contribution is 2.47. The summed E-state index contributed by atoms with van der Waals surface area (Å²) < 4.78 is 82.9. The van der Waals surface area contributed by atoms with Gasteiger partial charge in [0.1, 0.15) is 5.84 Å². The summed E-state index contributed by atoms with van der Waals surface area (Å²) in [5.74, 6) is -4.84. The molecule has 1 heterocycles. The first-order valence-corrected chi connectivity index (χ1v) is 8.29. The summed E-state index contributed by atoms with van der Waals surface area (Å²) in [5.41, 5.74) is 2.26.